The summed E-state index contributed by atoms with van der Waals surface area (Å²) in [6.45, 7) is 4.21. The van der Waals surface area contributed by atoms with Crippen LogP contribution in [0.2, 0.25) is 0 Å². The van der Waals surface area contributed by atoms with Crippen LogP contribution in [0.5, 0.6) is 5.75 Å². The number of fused-ring (bicyclic) bond motifs is 1. The molecular weight excluding hydrogens is 292 g/mol. The Morgan fingerprint density at radius 1 is 1.26 bits per heavy atom. The summed E-state index contributed by atoms with van der Waals surface area (Å²) in [6, 6.07) is 8.24. The minimum atomic E-state index is 0.0611. The molecule has 0 radical (unpaired) electrons. The molecule has 1 aliphatic heterocycles. The van der Waals surface area contributed by atoms with Crippen LogP contribution in [0, 0.1) is 6.92 Å². The fraction of sp³-hybridized carbons (Fsp3) is 0.412. The Balaban J connectivity index is 1.81. The molecule has 122 valence electrons. The Labute approximate surface area is 136 Å². The molecule has 2 aromatic rings. The molecule has 0 saturated carbocycles. The van der Waals surface area contributed by atoms with E-state index in [4.69, 9.17) is 9.84 Å². The van der Waals surface area contributed by atoms with E-state index in [2.05, 4.69) is 32.3 Å². The second-order valence-corrected chi connectivity index (χ2v) is 5.65. The number of rotatable bonds is 5. The quantitative estimate of drug-likeness (QED) is 0.876. The Hall–Kier alpha value is -2.34. The third-order valence-electron chi connectivity index (χ3n) is 3.99. The van der Waals surface area contributed by atoms with Gasteiger partial charge in [-0.3, -0.25) is 0 Å². The van der Waals surface area contributed by atoms with Crippen molar-refractivity contribution in [3.63, 3.8) is 0 Å². The summed E-state index contributed by atoms with van der Waals surface area (Å²) in [4.78, 5) is 11.2. The molecular formula is C17H22N4O2. The van der Waals surface area contributed by atoms with Crippen LogP contribution in [-0.2, 0) is 13.0 Å². The highest BCUT2D eigenvalue weighted by molar-refractivity contribution is 5.49. The molecule has 2 N–H and O–H groups in total. The van der Waals surface area contributed by atoms with Crippen molar-refractivity contribution in [2.24, 2.45) is 0 Å². The number of anilines is 2. The van der Waals surface area contributed by atoms with Gasteiger partial charge < -0.3 is 20.1 Å². The maximum atomic E-state index is 8.93. The number of hydrogen-bond acceptors (Lipinski definition) is 6. The van der Waals surface area contributed by atoms with Crippen LogP contribution in [0.25, 0.3) is 0 Å². The van der Waals surface area contributed by atoms with Gasteiger partial charge in [-0.25, -0.2) is 4.98 Å². The molecule has 0 unspecified atom stereocenters. The predicted octanol–water partition coefficient (Wildman–Crippen LogP) is 1.76. The minimum Gasteiger partial charge on any atom is -0.497 e. The van der Waals surface area contributed by atoms with E-state index in [1.807, 2.05) is 19.1 Å². The Bertz CT molecular complexity index is 690. The van der Waals surface area contributed by atoms with E-state index < -0.39 is 0 Å². The van der Waals surface area contributed by atoms with Gasteiger partial charge in [0.15, 0.2) is 0 Å². The van der Waals surface area contributed by atoms with E-state index in [1.54, 1.807) is 7.11 Å². The number of benzene rings is 1. The van der Waals surface area contributed by atoms with Gasteiger partial charge >= 0.3 is 0 Å². The smallest absolute Gasteiger partial charge is 0.224 e. The molecule has 1 aliphatic rings. The zero-order chi connectivity index (χ0) is 16.2. The maximum absolute atomic E-state index is 8.93. The van der Waals surface area contributed by atoms with Gasteiger partial charge in [0.05, 0.1) is 13.7 Å². The van der Waals surface area contributed by atoms with E-state index in [9.17, 15) is 0 Å². The Morgan fingerprint density at radius 2 is 2.13 bits per heavy atom. The highest BCUT2D eigenvalue weighted by Crippen LogP contribution is 2.27. The Kier molecular flexibility index (Phi) is 4.62. The van der Waals surface area contributed by atoms with Crippen LogP contribution in [0.3, 0.4) is 0 Å². The van der Waals surface area contributed by atoms with Crippen molar-refractivity contribution in [3.05, 3.63) is 41.1 Å². The minimum absolute atomic E-state index is 0.0611. The van der Waals surface area contributed by atoms with Gasteiger partial charge in [-0.05, 0) is 36.6 Å². The first-order valence-electron chi connectivity index (χ1n) is 7.81. The normalized spacial score (nSPS) is 13.6. The van der Waals surface area contributed by atoms with Crippen molar-refractivity contribution < 1.29 is 9.84 Å². The third-order valence-corrected chi connectivity index (χ3v) is 3.99. The van der Waals surface area contributed by atoms with E-state index in [0.29, 0.717) is 12.5 Å². The van der Waals surface area contributed by atoms with E-state index in [-0.39, 0.29) is 6.61 Å². The molecule has 0 saturated heterocycles. The highest BCUT2D eigenvalue weighted by atomic mass is 16.5. The fourth-order valence-corrected chi connectivity index (χ4v) is 2.81. The molecule has 0 spiro atoms. The number of hydrogen-bond donors (Lipinski definition) is 2. The van der Waals surface area contributed by atoms with Crippen LogP contribution in [0.15, 0.2) is 24.3 Å². The number of nitrogens with zero attached hydrogens (tertiary/aromatic N) is 3. The lowest BCUT2D eigenvalue weighted by molar-refractivity contribution is 0.311. The topological polar surface area (TPSA) is 70.5 Å². The number of ether oxygens (including phenoxy) is 1. The standard InChI is InChI=1S/C17H22N4O2/c1-12-9-16(20-17(19-12)18-6-8-22)21-7-5-13-10-15(23-2)4-3-14(13)11-21/h3-4,9-10,22H,5-8,11H2,1-2H3,(H,18,19,20). The zero-order valence-electron chi connectivity index (χ0n) is 13.5. The van der Waals surface area contributed by atoms with Gasteiger partial charge in [0.1, 0.15) is 11.6 Å². The number of aromatic nitrogens is 2. The lowest BCUT2D eigenvalue weighted by atomic mass is 9.99. The van der Waals surface area contributed by atoms with Gasteiger partial charge in [0, 0.05) is 31.4 Å². The van der Waals surface area contributed by atoms with Crippen molar-refractivity contribution in [1.29, 1.82) is 0 Å². The summed E-state index contributed by atoms with van der Waals surface area (Å²) < 4.78 is 5.30. The first-order chi connectivity index (χ1) is 11.2. The maximum Gasteiger partial charge on any atom is 0.224 e. The van der Waals surface area contributed by atoms with Crippen LogP contribution in [-0.4, -0.2) is 41.9 Å². The summed E-state index contributed by atoms with van der Waals surface area (Å²) in [5.41, 5.74) is 3.55. The molecule has 0 fully saturated rings. The van der Waals surface area contributed by atoms with Crippen LogP contribution >= 0.6 is 0 Å². The van der Waals surface area contributed by atoms with Crippen molar-refractivity contribution in [2.45, 2.75) is 19.9 Å². The average molecular weight is 314 g/mol. The molecule has 1 aromatic heterocycles. The summed E-state index contributed by atoms with van der Waals surface area (Å²) in [5, 5.41) is 12.0. The highest BCUT2D eigenvalue weighted by Gasteiger charge is 2.19. The second kappa shape index (κ2) is 6.83. The SMILES string of the molecule is COc1ccc2c(c1)CCN(c1cc(C)nc(NCCO)n1)C2. The molecule has 6 nitrogen and oxygen atoms in total. The van der Waals surface area contributed by atoms with Crippen LogP contribution < -0.4 is 15.0 Å². The average Bonchev–Trinajstić information content (AvgIpc) is 2.58. The van der Waals surface area contributed by atoms with Gasteiger partial charge in [-0.15, -0.1) is 0 Å². The molecule has 0 amide bonds. The second-order valence-electron chi connectivity index (χ2n) is 5.65. The van der Waals surface area contributed by atoms with Crippen LogP contribution in [0.4, 0.5) is 11.8 Å². The lowest BCUT2D eigenvalue weighted by Crippen LogP contribution is -2.31. The number of aliphatic hydroxyl groups excluding tert-OH is 1. The molecule has 3 rings (SSSR count). The number of methoxy groups -OCH3 is 1. The molecule has 0 atom stereocenters. The van der Waals surface area contributed by atoms with Crippen LogP contribution in [0.1, 0.15) is 16.8 Å². The van der Waals surface area contributed by atoms with Gasteiger partial charge in [-0.1, -0.05) is 6.07 Å². The largest absolute Gasteiger partial charge is 0.497 e. The number of aliphatic hydroxyl groups is 1. The molecule has 1 aromatic carbocycles. The van der Waals surface area contributed by atoms with Crippen molar-refractivity contribution in [2.75, 3.05) is 37.0 Å². The predicted molar refractivity (Wildman–Crippen MR) is 90.1 cm³/mol. The van der Waals surface area contributed by atoms with Gasteiger partial charge in [0.2, 0.25) is 5.95 Å². The molecule has 6 heteroatoms. The summed E-state index contributed by atoms with van der Waals surface area (Å²) in [6.07, 6.45) is 0.967. The molecule has 0 aliphatic carbocycles. The molecule has 23 heavy (non-hydrogen) atoms. The zero-order valence-corrected chi connectivity index (χ0v) is 13.5. The molecule has 2 heterocycles. The van der Waals surface area contributed by atoms with E-state index >= 15 is 0 Å². The summed E-state index contributed by atoms with van der Waals surface area (Å²) >= 11 is 0. The van der Waals surface area contributed by atoms with Crippen molar-refractivity contribution in [3.8, 4) is 5.75 Å². The lowest BCUT2D eigenvalue weighted by Gasteiger charge is -2.30. The van der Waals surface area contributed by atoms with Gasteiger partial charge in [0.25, 0.3) is 0 Å². The first kappa shape index (κ1) is 15.6. The number of aryl methyl sites for hydroxylation is 1. The van der Waals surface area contributed by atoms with E-state index in [1.165, 1.54) is 11.1 Å². The fourth-order valence-electron chi connectivity index (χ4n) is 2.81. The molecule has 0 bridgehead atoms. The number of nitrogens with one attached hydrogen (secondary N) is 1. The van der Waals surface area contributed by atoms with E-state index in [0.717, 1.165) is 36.8 Å². The van der Waals surface area contributed by atoms with Gasteiger partial charge in [-0.2, -0.15) is 4.98 Å². The Morgan fingerprint density at radius 3 is 2.91 bits per heavy atom. The third kappa shape index (κ3) is 3.53. The van der Waals surface area contributed by atoms with Crippen molar-refractivity contribution >= 4 is 11.8 Å². The summed E-state index contributed by atoms with van der Waals surface area (Å²) in [7, 11) is 1.70. The summed E-state index contributed by atoms with van der Waals surface area (Å²) in [5.74, 6) is 2.39. The monoisotopic (exact) mass is 314 g/mol. The van der Waals surface area contributed by atoms with Crippen molar-refractivity contribution in [1.82, 2.24) is 9.97 Å². The first-order valence-corrected chi connectivity index (χ1v) is 7.81.